The Balaban J connectivity index is 2.51. The van der Waals surface area contributed by atoms with E-state index in [4.69, 9.17) is 16.3 Å². The second kappa shape index (κ2) is 6.89. The monoisotopic (exact) mass is 377 g/mol. The molecule has 0 bridgehead atoms. The van der Waals surface area contributed by atoms with Gasteiger partial charge in [-0.05, 0) is 46.1 Å². The minimum Gasteiger partial charge on any atom is -0.496 e. The van der Waals surface area contributed by atoms with Crippen LogP contribution in [0.15, 0.2) is 28.1 Å². The van der Waals surface area contributed by atoms with Gasteiger partial charge in [-0.2, -0.15) is 0 Å². The predicted molar refractivity (Wildman–Crippen MR) is 85.5 cm³/mol. The summed E-state index contributed by atoms with van der Waals surface area (Å²) in [4.78, 5) is 0.937. The molecule has 0 fully saturated rings. The highest BCUT2D eigenvalue weighted by Crippen LogP contribution is 2.37. The highest BCUT2D eigenvalue weighted by atomic mass is 79.9. The van der Waals surface area contributed by atoms with Gasteiger partial charge in [0, 0.05) is 10.0 Å². The van der Waals surface area contributed by atoms with Crippen molar-refractivity contribution >= 4 is 38.9 Å². The van der Waals surface area contributed by atoms with Crippen molar-refractivity contribution in [3.05, 3.63) is 49.3 Å². The fourth-order valence-corrected chi connectivity index (χ4v) is 3.44. The van der Waals surface area contributed by atoms with Gasteiger partial charge in [-0.25, -0.2) is 4.39 Å². The number of benzene rings is 1. The lowest BCUT2D eigenvalue weighted by atomic mass is 10.0. The number of methoxy groups -OCH3 is 1. The van der Waals surface area contributed by atoms with Crippen molar-refractivity contribution in [3.8, 4) is 5.75 Å². The highest BCUT2D eigenvalue weighted by Gasteiger charge is 2.23. The zero-order valence-corrected chi connectivity index (χ0v) is 14.2. The molecule has 1 atom stereocenters. The summed E-state index contributed by atoms with van der Waals surface area (Å²) in [6.45, 7) is 2.68. The predicted octanol–water partition coefficient (Wildman–Crippen LogP) is 5.01. The lowest BCUT2D eigenvalue weighted by Crippen LogP contribution is -2.22. The summed E-state index contributed by atoms with van der Waals surface area (Å²) in [5, 5.41) is 5.69. The third-order valence-electron chi connectivity index (χ3n) is 2.90. The maximum Gasteiger partial charge on any atom is 0.134 e. The van der Waals surface area contributed by atoms with Gasteiger partial charge in [0.1, 0.15) is 11.6 Å². The first kappa shape index (κ1) is 15.8. The summed E-state index contributed by atoms with van der Waals surface area (Å²) in [5.41, 5.74) is 0.515. The van der Waals surface area contributed by atoms with E-state index >= 15 is 0 Å². The number of nitrogens with one attached hydrogen (secondary N) is 1. The Bertz CT molecular complexity index is 605. The quantitative estimate of drug-likeness (QED) is 0.738. The molecule has 2 nitrogen and oxygen atoms in total. The number of thiophene rings is 1. The first-order chi connectivity index (χ1) is 9.58. The van der Waals surface area contributed by atoms with Gasteiger partial charge in [-0.15, -0.1) is 11.3 Å². The Morgan fingerprint density at radius 1 is 1.50 bits per heavy atom. The van der Waals surface area contributed by atoms with Gasteiger partial charge in [-0.3, -0.25) is 0 Å². The lowest BCUT2D eigenvalue weighted by molar-refractivity contribution is 0.407. The van der Waals surface area contributed by atoms with Crippen molar-refractivity contribution in [2.45, 2.75) is 13.0 Å². The number of rotatable bonds is 5. The number of hydrogen-bond donors (Lipinski definition) is 1. The molecule has 1 heterocycles. The van der Waals surface area contributed by atoms with Crippen molar-refractivity contribution in [2.75, 3.05) is 13.7 Å². The second-order valence-corrected chi connectivity index (χ2v) is 6.34. The number of ether oxygens (including phenoxy) is 1. The molecular weight excluding hydrogens is 365 g/mol. The number of hydrogen-bond acceptors (Lipinski definition) is 3. The molecule has 0 amide bonds. The van der Waals surface area contributed by atoms with Crippen LogP contribution in [0, 0.1) is 5.82 Å². The van der Waals surface area contributed by atoms with E-state index in [1.165, 1.54) is 17.4 Å². The molecular formula is C14H14BrClFNOS. The molecule has 1 aromatic carbocycles. The Morgan fingerprint density at radius 2 is 2.25 bits per heavy atom. The maximum absolute atomic E-state index is 14.3. The molecule has 6 heteroatoms. The molecule has 0 aliphatic rings. The Hall–Kier alpha value is -0.620. The van der Waals surface area contributed by atoms with Gasteiger partial charge in [0.2, 0.25) is 0 Å². The van der Waals surface area contributed by atoms with Gasteiger partial charge in [0.15, 0.2) is 0 Å². The van der Waals surface area contributed by atoms with E-state index in [1.807, 2.05) is 18.4 Å². The number of halogens is 3. The molecule has 0 aliphatic heterocycles. The molecule has 1 N–H and O–H groups in total. The van der Waals surface area contributed by atoms with Crippen molar-refractivity contribution in [1.29, 1.82) is 0 Å². The highest BCUT2D eigenvalue weighted by molar-refractivity contribution is 9.10. The summed E-state index contributed by atoms with van der Waals surface area (Å²) in [7, 11) is 1.61. The van der Waals surface area contributed by atoms with E-state index in [9.17, 15) is 4.39 Å². The Labute approximate surface area is 135 Å². The van der Waals surface area contributed by atoms with Crippen molar-refractivity contribution in [3.63, 3.8) is 0 Å². The lowest BCUT2D eigenvalue weighted by Gasteiger charge is -2.19. The van der Waals surface area contributed by atoms with Gasteiger partial charge in [0.05, 0.1) is 23.1 Å². The summed E-state index contributed by atoms with van der Waals surface area (Å²) >= 11 is 10.9. The van der Waals surface area contributed by atoms with Crippen LogP contribution in [0.1, 0.15) is 23.4 Å². The Kier molecular flexibility index (Phi) is 5.43. The first-order valence-corrected chi connectivity index (χ1v) is 8.12. The molecule has 20 heavy (non-hydrogen) atoms. The van der Waals surface area contributed by atoms with E-state index < -0.39 is 0 Å². The van der Waals surface area contributed by atoms with E-state index in [0.29, 0.717) is 21.6 Å². The van der Waals surface area contributed by atoms with E-state index in [0.717, 1.165) is 10.6 Å². The van der Waals surface area contributed by atoms with Crippen LogP contribution in [-0.2, 0) is 0 Å². The molecule has 1 aromatic heterocycles. The standard InChI is InChI=1S/C14H14BrClFNOS/c1-3-18-13(14-12(19-2)4-5-20-14)8-6-10(16)9(15)7-11(8)17/h4-7,13,18H,3H2,1-2H3. The maximum atomic E-state index is 14.3. The molecule has 0 spiro atoms. The molecule has 0 saturated heterocycles. The van der Waals surface area contributed by atoms with Crippen molar-refractivity contribution in [2.24, 2.45) is 0 Å². The topological polar surface area (TPSA) is 21.3 Å². The minimum absolute atomic E-state index is 0.277. The van der Waals surface area contributed by atoms with Gasteiger partial charge >= 0.3 is 0 Å². The largest absolute Gasteiger partial charge is 0.496 e. The fraction of sp³-hybridized carbons (Fsp3) is 0.286. The SMILES string of the molecule is CCNC(c1cc(Cl)c(Br)cc1F)c1sccc1OC. The molecule has 108 valence electrons. The minimum atomic E-state index is -0.303. The van der Waals surface area contributed by atoms with Crippen LogP contribution in [0.5, 0.6) is 5.75 Å². The summed E-state index contributed by atoms with van der Waals surface area (Å²) < 4.78 is 20.2. The normalized spacial score (nSPS) is 12.4. The van der Waals surface area contributed by atoms with Crippen LogP contribution in [0.4, 0.5) is 4.39 Å². The van der Waals surface area contributed by atoms with Crippen molar-refractivity contribution < 1.29 is 9.13 Å². The smallest absolute Gasteiger partial charge is 0.134 e. The first-order valence-electron chi connectivity index (χ1n) is 6.07. The molecule has 0 radical (unpaired) electrons. The van der Waals surface area contributed by atoms with Crippen molar-refractivity contribution in [1.82, 2.24) is 5.32 Å². The molecule has 1 unspecified atom stereocenters. The molecule has 0 aliphatic carbocycles. The average Bonchev–Trinajstić information content (AvgIpc) is 2.88. The molecule has 2 rings (SSSR count). The van der Waals surface area contributed by atoms with E-state index in [2.05, 4.69) is 21.2 Å². The van der Waals surface area contributed by atoms with Crippen LogP contribution >= 0.6 is 38.9 Å². The average molecular weight is 379 g/mol. The van der Waals surface area contributed by atoms with E-state index in [-0.39, 0.29) is 11.9 Å². The van der Waals surface area contributed by atoms with Crippen LogP contribution in [-0.4, -0.2) is 13.7 Å². The zero-order valence-electron chi connectivity index (χ0n) is 11.0. The van der Waals surface area contributed by atoms with Crippen LogP contribution in [0.25, 0.3) is 0 Å². The Morgan fingerprint density at radius 3 is 2.90 bits per heavy atom. The third kappa shape index (κ3) is 3.17. The van der Waals surface area contributed by atoms with Crippen LogP contribution in [0.3, 0.4) is 0 Å². The summed E-state index contributed by atoms with van der Waals surface area (Å²) in [6.07, 6.45) is 0. The summed E-state index contributed by atoms with van der Waals surface area (Å²) in [6, 6.07) is 4.64. The fourth-order valence-electron chi connectivity index (χ4n) is 2.00. The van der Waals surface area contributed by atoms with Gasteiger partial charge < -0.3 is 10.1 Å². The second-order valence-electron chi connectivity index (χ2n) is 4.13. The third-order valence-corrected chi connectivity index (χ3v) is 5.06. The molecule has 0 saturated carbocycles. The molecule has 2 aromatic rings. The van der Waals surface area contributed by atoms with Crippen LogP contribution < -0.4 is 10.1 Å². The summed E-state index contributed by atoms with van der Waals surface area (Å²) in [5.74, 6) is 0.446. The van der Waals surface area contributed by atoms with Gasteiger partial charge in [-0.1, -0.05) is 18.5 Å². The van der Waals surface area contributed by atoms with Gasteiger partial charge in [0.25, 0.3) is 0 Å². The zero-order chi connectivity index (χ0) is 14.7. The van der Waals surface area contributed by atoms with E-state index in [1.54, 1.807) is 13.2 Å². The van der Waals surface area contributed by atoms with Crippen LogP contribution in [0.2, 0.25) is 5.02 Å².